The molecule has 0 aliphatic heterocycles. The van der Waals surface area contributed by atoms with Crippen LogP contribution in [-0.2, 0) is 11.8 Å². The van der Waals surface area contributed by atoms with Crippen molar-refractivity contribution in [1.29, 1.82) is 0 Å². The van der Waals surface area contributed by atoms with Gasteiger partial charge in [-0.1, -0.05) is 47.3 Å². The molecule has 2 N–H and O–H groups in total. The maximum Gasteiger partial charge on any atom is 0.326 e. The summed E-state index contributed by atoms with van der Waals surface area (Å²) < 4.78 is 7.32. The smallest absolute Gasteiger partial charge is 0.326 e. The molecule has 0 bridgehead atoms. The van der Waals surface area contributed by atoms with Crippen molar-refractivity contribution in [3.63, 3.8) is 0 Å². The molecule has 2 aromatic heterocycles. The van der Waals surface area contributed by atoms with E-state index in [0.717, 1.165) is 32.4 Å². The van der Waals surface area contributed by atoms with Gasteiger partial charge in [-0.3, -0.25) is 4.98 Å². The van der Waals surface area contributed by atoms with Gasteiger partial charge in [0.1, 0.15) is 4.64 Å². The van der Waals surface area contributed by atoms with E-state index in [1.165, 1.54) is 4.57 Å². The van der Waals surface area contributed by atoms with Crippen molar-refractivity contribution in [3.05, 3.63) is 71.8 Å². The number of nitrogens with zero attached hydrogens (tertiary/aromatic N) is 2. The molecule has 1 aliphatic carbocycles. The molecule has 6 nitrogen and oxygen atoms in total. The normalized spacial score (nSPS) is 14.8. The molecule has 1 aliphatic rings. The fraction of sp³-hybridized carbons (Fsp3) is 0.286. The van der Waals surface area contributed by atoms with Gasteiger partial charge in [-0.15, -0.1) is 0 Å². The van der Waals surface area contributed by atoms with E-state index in [4.69, 9.17) is 33.5 Å². The van der Waals surface area contributed by atoms with Crippen LogP contribution in [0.4, 0.5) is 5.13 Å². The molecular formula is C21H21ClN4O2S2. The second kappa shape index (κ2) is 8.85. The lowest BCUT2D eigenvalue weighted by Gasteiger charge is -2.19. The van der Waals surface area contributed by atoms with Gasteiger partial charge in [-0.05, 0) is 36.3 Å². The first-order chi connectivity index (χ1) is 14.5. The second-order valence-corrected chi connectivity index (χ2v) is 8.76. The van der Waals surface area contributed by atoms with Crippen molar-refractivity contribution in [2.75, 3.05) is 25.1 Å². The first kappa shape index (κ1) is 21.0. The number of thiazole rings is 1. The van der Waals surface area contributed by atoms with E-state index in [2.05, 4.69) is 22.5 Å². The van der Waals surface area contributed by atoms with Gasteiger partial charge in [0.2, 0.25) is 0 Å². The molecule has 0 unspecified atom stereocenters. The van der Waals surface area contributed by atoms with Gasteiger partial charge >= 0.3 is 5.69 Å². The van der Waals surface area contributed by atoms with Crippen LogP contribution in [0.25, 0.3) is 12.2 Å². The van der Waals surface area contributed by atoms with E-state index >= 15 is 0 Å². The summed E-state index contributed by atoms with van der Waals surface area (Å²) in [6.07, 6.45) is 5.91. The van der Waals surface area contributed by atoms with Crippen LogP contribution < -0.4 is 11.0 Å². The highest BCUT2D eigenvalue weighted by Gasteiger charge is 2.28. The molecule has 156 valence electrons. The number of benzene rings is 1. The highest BCUT2D eigenvalue weighted by Crippen LogP contribution is 2.42. The number of H-pyrrole nitrogens is 1. The Morgan fingerprint density at radius 3 is 3.00 bits per heavy atom. The zero-order valence-corrected chi connectivity index (χ0v) is 19.0. The molecule has 30 heavy (non-hydrogen) atoms. The lowest BCUT2D eigenvalue weighted by Crippen LogP contribution is -2.22. The quantitative estimate of drug-likeness (QED) is 0.323. The number of halogens is 1. The summed E-state index contributed by atoms with van der Waals surface area (Å²) in [6.45, 7) is 3.96. The lowest BCUT2D eigenvalue weighted by atomic mass is 9.88. The van der Waals surface area contributed by atoms with Crippen LogP contribution in [0, 0.1) is 4.64 Å². The zero-order valence-electron chi connectivity index (χ0n) is 16.6. The van der Waals surface area contributed by atoms with E-state index in [1.807, 2.05) is 25.1 Å². The van der Waals surface area contributed by atoms with Crippen molar-refractivity contribution >= 4 is 52.4 Å². The Balaban J connectivity index is 1.85. The maximum absolute atomic E-state index is 12.0. The van der Waals surface area contributed by atoms with E-state index in [0.29, 0.717) is 29.4 Å². The van der Waals surface area contributed by atoms with Gasteiger partial charge in [-0.25, -0.2) is 9.78 Å². The van der Waals surface area contributed by atoms with E-state index in [9.17, 15) is 4.79 Å². The highest BCUT2D eigenvalue weighted by atomic mass is 35.5. The summed E-state index contributed by atoms with van der Waals surface area (Å²) in [5, 5.41) is 4.83. The molecule has 0 spiro atoms. The van der Waals surface area contributed by atoms with Crippen molar-refractivity contribution in [2.24, 2.45) is 7.05 Å². The Morgan fingerprint density at radius 2 is 2.20 bits per heavy atom. The fourth-order valence-electron chi connectivity index (χ4n) is 3.49. The molecule has 1 atom stereocenters. The second-order valence-electron chi connectivity index (χ2n) is 6.89. The van der Waals surface area contributed by atoms with Crippen LogP contribution >= 0.6 is 35.2 Å². The van der Waals surface area contributed by atoms with Crippen LogP contribution in [0.5, 0.6) is 0 Å². The standard InChI is InChI=1S/C21H21ClN4O2S2/c1-3-28-9-8-23-20-24-18-16(30-20)7-4-12-10-13(22)5-6-14(12)17(18)15-11-26(2)21(27)25-19(15)29/h4-7,10-11,17H,3,8-9H2,1-2H3,(H,23,24)(H,25,27,29)/t17-/m1/s1. The number of aryl methyl sites for hydroxylation is 1. The predicted octanol–water partition coefficient (Wildman–Crippen LogP) is 4.67. The molecule has 9 heteroatoms. The third-order valence-corrected chi connectivity index (χ3v) is 6.47. The number of fused-ring (bicyclic) bond motifs is 2. The molecule has 1 aromatic carbocycles. The highest BCUT2D eigenvalue weighted by molar-refractivity contribution is 7.71. The minimum absolute atomic E-state index is 0.225. The minimum atomic E-state index is -0.247. The minimum Gasteiger partial charge on any atom is -0.380 e. The van der Waals surface area contributed by atoms with Gasteiger partial charge < -0.3 is 14.6 Å². The molecule has 0 fully saturated rings. The molecule has 4 rings (SSSR count). The van der Waals surface area contributed by atoms with Gasteiger partial charge in [-0.2, -0.15) is 0 Å². The summed E-state index contributed by atoms with van der Waals surface area (Å²) in [4.78, 5) is 20.7. The predicted molar refractivity (Wildman–Crippen MR) is 125 cm³/mol. The number of rotatable bonds is 6. The Morgan fingerprint density at radius 1 is 1.37 bits per heavy atom. The first-order valence-electron chi connectivity index (χ1n) is 9.57. The van der Waals surface area contributed by atoms with Crippen molar-refractivity contribution in [2.45, 2.75) is 12.8 Å². The third kappa shape index (κ3) is 4.13. The van der Waals surface area contributed by atoms with Crippen molar-refractivity contribution in [1.82, 2.24) is 14.5 Å². The lowest BCUT2D eigenvalue weighted by molar-refractivity contribution is 0.158. The summed E-state index contributed by atoms with van der Waals surface area (Å²) in [5.74, 6) is -0.225. The number of hydrogen-bond donors (Lipinski definition) is 2. The number of nitrogens with one attached hydrogen (secondary N) is 2. The molecule has 2 heterocycles. The van der Waals surface area contributed by atoms with Crippen LogP contribution in [0.15, 0.2) is 29.2 Å². The molecule has 0 radical (unpaired) electrons. The van der Waals surface area contributed by atoms with Crippen molar-refractivity contribution in [3.8, 4) is 0 Å². The third-order valence-electron chi connectivity index (χ3n) is 4.90. The summed E-state index contributed by atoms with van der Waals surface area (Å²) >= 11 is 13.4. The van der Waals surface area contributed by atoms with Gasteiger partial charge in [0.05, 0.1) is 23.1 Å². The van der Waals surface area contributed by atoms with E-state index in [1.54, 1.807) is 24.6 Å². The van der Waals surface area contributed by atoms with Gasteiger partial charge in [0, 0.05) is 37.0 Å². The number of aromatic amines is 1. The number of hydrogen-bond acceptors (Lipinski definition) is 6. The average molecular weight is 461 g/mol. The molecular weight excluding hydrogens is 440 g/mol. The van der Waals surface area contributed by atoms with E-state index < -0.39 is 0 Å². The zero-order chi connectivity index (χ0) is 21.3. The Bertz CT molecular complexity index is 1230. The molecule has 0 saturated carbocycles. The summed E-state index contributed by atoms with van der Waals surface area (Å²) in [6, 6.07) is 5.81. The van der Waals surface area contributed by atoms with Crippen LogP contribution in [0.3, 0.4) is 0 Å². The summed E-state index contributed by atoms with van der Waals surface area (Å²) in [5.41, 5.74) is 3.52. The Kier molecular flexibility index (Phi) is 6.19. The average Bonchev–Trinajstić information content (AvgIpc) is 3.05. The van der Waals surface area contributed by atoms with Crippen LogP contribution in [0.2, 0.25) is 5.02 Å². The van der Waals surface area contributed by atoms with Gasteiger partial charge in [0.15, 0.2) is 5.13 Å². The monoisotopic (exact) mass is 460 g/mol. The SMILES string of the molecule is CCOCCNc1nc2c(s1)C=Cc1cc(Cl)ccc1[C@@H]2c1cn(C)c(=O)[nH]c1=S. The molecule has 0 amide bonds. The Labute approximate surface area is 188 Å². The number of aromatic nitrogens is 3. The molecule has 0 saturated heterocycles. The summed E-state index contributed by atoms with van der Waals surface area (Å²) in [7, 11) is 1.71. The fourth-order valence-corrected chi connectivity index (χ4v) is 4.86. The van der Waals surface area contributed by atoms with Crippen molar-refractivity contribution < 1.29 is 4.74 Å². The first-order valence-corrected chi connectivity index (χ1v) is 11.2. The van der Waals surface area contributed by atoms with Gasteiger partial charge in [0.25, 0.3) is 0 Å². The largest absolute Gasteiger partial charge is 0.380 e. The topological polar surface area (TPSA) is 71.9 Å². The van der Waals surface area contributed by atoms with Crippen LogP contribution in [0.1, 0.15) is 40.1 Å². The number of ether oxygens (including phenoxy) is 1. The molecule has 3 aromatic rings. The van der Waals surface area contributed by atoms with Crippen LogP contribution in [-0.4, -0.2) is 34.3 Å². The Hall–Kier alpha value is -2.26. The van der Waals surface area contributed by atoms with E-state index in [-0.39, 0.29) is 11.6 Å². The maximum atomic E-state index is 12.0. The number of anilines is 1.